The molecule has 5 heteroatoms. The lowest BCUT2D eigenvalue weighted by atomic mass is 10.2. The van der Waals surface area contributed by atoms with Gasteiger partial charge in [0.1, 0.15) is 11.5 Å². The molecule has 2 aromatic carbocycles. The molecule has 0 saturated heterocycles. The largest absolute Gasteiger partial charge is 0.508 e. The fraction of sp³-hybridized carbons (Fsp3) is 0.0714. The summed E-state index contributed by atoms with van der Waals surface area (Å²) in [5, 5.41) is 12.7. The number of carbonyl (C=O) groups is 1. The van der Waals surface area contributed by atoms with Crippen molar-refractivity contribution in [3.8, 4) is 11.5 Å². The summed E-state index contributed by atoms with van der Waals surface area (Å²) in [6, 6.07) is 13.2. The Balaban J connectivity index is 1.88. The highest BCUT2D eigenvalue weighted by atomic mass is 35.5. The summed E-state index contributed by atoms with van der Waals surface area (Å²) < 4.78 is 5.04. The van der Waals surface area contributed by atoms with Crippen molar-refractivity contribution in [1.82, 2.24) is 5.32 Å². The van der Waals surface area contributed by atoms with Crippen LogP contribution < -0.4 is 10.1 Å². The number of ether oxygens (including phenoxy) is 1. The van der Waals surface area contributed by atoms with E-state index < -0.39 is 6.09 Å². The molecule has 0 fully saturated rings. The van der Waals surface area contributed by atoms with E-state index in [0.717, 1.165) is 0 Å². The van der Waals surface area contributed by atoms with Crippen molar-refractivity contribution in [2.75, 3.05) is 0 Å². The molecule has 2 aromatic rings. The van der Waals surface area contributed by atoms with E-state index in [1.54, 1.807) is 48.5 Å². The van der Waals surface area contributed by atoms with Gasteiger partial charge in [-0.15, -0.1) is 0 Å². The summed E-state index contributed by atoms with van der Waals surface area (Å²) in [7, 11) is 0. The number of hydrogen-bond donors (Lipinski definition) is 2. The maximum Gasteiger partial charge on any atom is 0.412 e. The predicted molar refractivity (Wildman–Crippen MR) is 72.4 cm³/mol. The molecule has 19 heavy (non-hydrogen) atoms. The number of rotatable bonds is 3. The SMILES string of the molecule is O=C(NCc1ccccc1O)Oc1ccc(Cl)cc1. The standard InChI is InChI=1S/C14H12ClNO3/c15-11-5-7-12(8-6-11)19-14(18)16-9-10-3-1-2-4-13(10)17/h1-8,17H,9H2,(H,16,18). The monoisotopic (exact) mass is 277 g/mol. The minimum atomic E-state index is -0.592. The predicted octanol–water partition coefficient (Wildman–Crippen LogP) is 3.33. The number of nitrogens with one attached hydrogen (secondary N) is 1. The molecular formula is C14H12ClNO3. The van der Waals surface area contributed by atoms with Gasteiger partial charge in [-0.3, -0.25) is 0 Å². The van der Waals surface area contributed by atoms with Gasteiger partial charge in [0, 0.05) is 17.1 Å². The van der Waals surface area contributed by atoms with Gasteiger partial charge in [0.2, 0.25) is 0 Å². The summed E-state index contributed by atoms with van der Waals surface area (Å²) in [6.45, 7) is 0.194. The summed E-state index contributed by atoms with van der Waals surface area (Å²) in [5.41, 5.74) is 0.621. The zero-order chi connectivity index (χ0) is 13.7. The van der Waals surface area contributed by atoms with E-state index in [4.69, 9.17) is 16.3 Å². The second-order valence-corrected chi connectivity index (χ2v) is 4.26. The Hall–Kier alpha value is -2.20. The topological polar surface area (TPSA) is 58.6 Å². The highest BCUT2D eigenvalue weighted by molar-refractivity contribution is 6.30. The molecule has 0 aromatic heterocycles. The van der Waals surface area contributed by atoms with Crippen molar-refractivity contribution in [3.05, 3.63) is 59.1 Å². The highest BCUT2D eigenvalue weighted by Gasteiger charge is 2.05. The molecule has 4 nitrogen and oxygen atoms in total. The number of amides is 1. The number of para-hydroxylation sites is 1. The quantitative estimate of drug-likeness (QED) is 0.905. The zero-order valence-corrected chi connectivity index (χ0v) is 10.7. The van der Waals surface area contributed by atoms with E-state index in [9.17, 15) is 9.90 Å². The third kappa shape index (κ3) is 3.89. The van der Waals surface area contributed by atoms with Crippen LogP contribution in [-0.2, 0) is 6.54 Å². The lowest BCUT2D eigenvalue weighted by molar-refractivity contribution is 0.200. The van der Waals surface area contributed by atoms with E-state index in [0.29, 0.717) is 16.3 Å². The average molecular weight is 278 g/mol. The lowest BCUT2D eigenvalue weighted by Gasteiger charge is -2.07. The van der Waals surface area contributed by atoms with E-state index >= 15 is 0 Å². The van der Waals surface area contributed by atoms with E-state index in [2.05, 4.69) is 5.32 Å². The minimum Gasteiger partial charge on any atom is -0.508 e. The van der Waals surface area contributed by atoms with Crippen molar-refractivity contribution in [1.29, 1.82) is 0 Å². The van der Waals surface area contributed by atoms with Crippen LogP contribution in [0.5, 0.6) is 11.5 Å². The van der Waals surface area contributed by atoms with Gasteiger partial charge in [-0.2, -0.15) is 0 Å². The molecule has 2 rings (SSSR count). The fourth-order valence-electron chi connectivity index (χ4n) is 1.47. The number of phenolic OH excluding ortho intramolecular Hbond substituents is 1. The Morgan fingerprint density at radius 1 is 1.16 bits per heavy atom. The van der Waals surface area contributed by atoms with Crippen LogP contribution in [0.25, 0.3) is 0 Å². The first kappa shape index (κ1) is 13.2. The Morgan fingerprint density at radius 3 is 2.53 bits per heavy atom. The van der Waals surface area contributed by atoms with Gasteiger partial charge in [-0.1, -0.05) is 29.8 Å². The van der Waals surface area contributed by atoms with Crippen molar-refractivity contribution < 1.29 is 14.6 Å². The molecule has 0 aliphatic rings. The Bertz CT molecular complexity index is 569. The molecule has 0 atom stereocenters. The maximum absolute atomic E-state index is 11.5. The first-order valence-corrected chi connectivity index (χ1v) is 6.01. The summed E-state index contributed by atoms with van der Waals surface area (Å²) >= 11 is 5.72. The Labute approximate surface area is 115 Å². The Morgan fingerprint density at radius 2 is 1.84 bits per heavy atom. The van der Waals surface area contributed by atoms with Crippen molar-refractivity contribution >= 4 is 17.7 Å². The molecule has 0 spiro atoms. The van der Waals surface area contributed by atoms with Gasteiger partial charge >= 0.3 is 6.09 Å². The molecule has 2 N–H and O–H groups in total. The van der Waals surface area contributed by atoms with Crippen molar-refractivity contribution in [3.63, 3.8) is 0 Å². The average Bonchev–Trinajstić information content (AvgIpc) is 2.40. The number of benzene rings is 2. The first-order chi connectivity index (χ1) is 9.15. The molecule has 1 amide bonds. The van der Waals surface area contributed by atoms with Crippen LogP contribution in [0.1, 0.15) is 5.56 Å². The lowest BCUT2D eigenvalue weighted by Crippen LogP contribution is -2.26. The van der Waals surface area contributed by atoms with Crippen LogP contribution in [0, 0.1) is 0 Å². The second kappa shape index (κ2) is 6.11. The highest BCUT2D eigenvalue weighted by Crippen LogP contribution is 2.17. The van der Waals surface area contributed by atoms with Crippen molar-refractivity contribution in [2.24, 2.45) is 0 Å². The van der Waals surface area contributed by atoms with Crippen LogP contribution in [0.15, 0.2) is 48.5 Å². The number of carbonyl (C=O) groups excluding carboxylic acids is 1. The molecule has 0 unspecified atom stereocenters. The van der Waals surface area contributed by atoms with Crippen LogP contribution in [0.2, 0.25) is 5.02 Å². The van der Waals surface area contributed by atoms with Gasteiger partial charge in [0.05, 0.1) is 0 Å². The number of aromatic hydroxyl groups is 1. The van der Waals surface area contributed by atoms with Crippen molar-refractivity contribution in [2.45, 2.75) is 6.54 Å². The third-order valence-corrected chi connectivity index (χ3v) is 2.69. The second-order valence-electron chi connectivity index (χ2n) is 3.83. The van der Waals surface area contributed by atoms with Gasteiger partial charge in [0.15, 0.2) is 0 Å². The van der Waals surface area contributed by atoms with Gasteiger partial charge < -0.3 is 15.2 Å². The van der Waals surface area contributed by atoms with Crippen LogP contribution >= 0.6 is 11.6 Å². The zero-order valence-electron chi connectivity index (χ0n) is 9.97. The Kier molecular flexibility index (Phi) is 4.26. The van der Waals surface area contributed by atoms with Crippen LogP contribution in [0.4, 0.5) is 4.79 Å². The molecule has 0 radical (unpaired) electrons. The minimum absolute atomic E-state index is 0.134. The summed E-state index contributed by atoms with van der Waals surface area (Å²) in [5.74, 6) is 0.536. The molecule has 0 aliphatic carbocycles. The molecule has 98 valence electrons. The van der Waals surface area contributed by atoms with Crippen LogP contribution in [-0.4, -0.2) is 11.2 Å². The van der Waals surface area contributed by atoms with E-state index in [-0.39, 0.29) is 12.3 Å². The molecule has 0 aliphatic heterocycles. The molecule has 0 heterocycles. The summed E-state index contributed by atoms with van der Waals surface area (Å²) in [4.78, 5) is 11.5. The van der Waals surface area contributed by atoms with Gasteiger partial charge in [0.25, 0.3) is 0 Å². The van der Waals surface area contributed by atoms with Crippen LogP contribution in [0.3, 0.4) is 0 Å². The number of phenols is 1. The summed E-state index contributed by atoms with van der Waals surface area (Å²) in [6.07, 6.45) is -0.592. The van der Waals surface area contributed by atoms with E-state index in [1.807, 2.05) is 0 Å². The van der Waals surface area contributed by atoms with Gasteiger partial charge in [-0.25, -0.2) is 4.79 Å². The normalized spacial score (nSPS) is 9.95. The fourth-order valence-corrected chi connectivity index (χ4v) is 1.60. The maximum atomic E-state index is 11.5. The smallest absolute Gasteiger partial charge is 0.412 e. The third-order valence-electron chi connectivity index (χ3n) is 2.44. The van der Waals surface area contributed by atoms with Gasteiger partial charge in [-0.05, 0) is 30.3 Å². The first-order valence-electron chi connectivity index (χ1n) is 5.63. The molecule has 0 saturated carbocycles. The van der Waals surface area contributed by atoms with E-state index in [1.165, 1.54) is 0 Å². The number of hydrogen-bond acceptors (Lipinski definition) is 3. The molecule has 0 bridgehead atoms. The number of halogens is 1. The molecular weight excluding hydrogens is 266 g/mol.